The van der Waals surface area contributed by atoms with Crippen LogP contribution in [-0.2, 0) is 16.1 Å². The molecule has 0 spiro atoms. The van der Waals surface area contributed by atoms with E-state index < -0.39 is 0 Å². The molecule has 2 amide bonds. The second-order valence-electron chi connectivity index (χ2n) is 6.49. The smallest absolute Gasteiger partial charge is 0.258 e. The lowest BCUT2D eigenvalue weighted by molar-refractivity contribution is -0.131. The van der Waals surface area contributed by atoms with Crippen LogP contribution >= 0.6 is 24.0 Å². The lowest BCUT2D eigenvalue weighted by atomic mass is 10.2. The number of para-hydroxylation sites is 1. The number of nitrogens with zero attached hydrogens (tertiary/aromatic N) is 3. The third-order valence-corrected chi connectivity index (χ3v) is 6.03. The number of hydrogen-bond donors (Lipinski definition) is 1. The van der Waals surface area contributed by atoms with Crippen molar-refractivity contribution in [2.45, 2.75) is 32.7 Å². The highest BCUT2D eigenvalue weighted by molar-refractivity contribution is 8.23. The molecule has 0 atom stereocenters. The molecule has 148 valence electrons. The van der Waals surface area contributed by atoms with Crippen molar-refractivity contribution in [1.82, 2.24) is 19.8 Å². The van der Waals surface area contributed by atoms with Crippen LogP contribution in [0.25, 0.3) is 10.9 Å². The summed E-state index contributed by atoms with van der Waals surface area (Å²) in [6.45, 7) is 3.25. The maximum Gasteiger partial charge on any atom is 0.258 e. The molecule has 1 aromatic carbocycles. The molecule has 1 aliphatic heterocycles. The van der Waals surface area contributed by atoms with Crippen LogP contribution in [0.1, 0.15) is 32.0 Å². The highest BCUT2D eigenvalue weighted by Crippen LogP contribution is 2.20. The Hall–Kier alpha value is -2.26. The molecule has 9 heteroatoms. The van der Waals surface area contributed by atoms with Crippen molar-refractivity contribution < 1.29 is 9.59 Å². The van der Waals surface area contributed by atoms with Gasteiger partial charge in [-0.05, 0) is 31.9 Å². The Bertz CT molecular complexity index is 944. The van der Waals surface area contributed by atoms with Crippen LogP contribution in [0.15, 0.2) is 29.1 Å². The molecule has 0 radical (unpaired) electrons. The Kier molecular flexibility index (Phi) is 6.79. The summed E-state index contributed by atoms with van der Waals surface area (Å²) in [5, 5.41) is 0.535. The lowest BCUT2D eigenvalue weighted by Crippen LogP contribution is -2.32. The third-order valence-electron chi connectivity index (χ3n) is 4.60. The summed E-state index contributed by atoms with van der Waals surface area (Å²) in [6, 6.07) is 7.13. The van der Waals surface area contributed by atoms with Crippen molar-refractivity contribution in [3.8, 4) is 0 Å². The van der Waals surface area contributed by atoms with Gasteiger partial charge < -0.3 is 9.88 Å². The van der Waals surface area contributed by atoms with Gasteiger partial charge in [-0.2, -0.15) is 0 Å². The number of carbonyl (C=O) groups excluding carboxylic acids is 2. The number of nitrogens with one attached hydrogen (secondary N) is 1. The van der Waals surface area contributed by atoms with Crippen LogP contribution in [0.3, 0.4) is 0 Å². The van der Waals surface area contributed by atoms with Gasteiger partial charge in [0.25, 0.3) is 5.56 Å². The SMILES string of the molecule is CCN(Cc1nc2ccccc2c(=O)[nH]1)C(=O)CCCCN1C(=O)CSC1=S. The van der Waals surface area contributed by atoms with Crippen molar-refractivity contribution >= 4 is 51.0 Å². The molecular weight excluding hydrogens is 396 g/mol. The maximum absolute atomic E-state index is 12.5. The fourth-order valence-electron chi connectivity index (χ4n) is 3.07. The summed E-state index contributed by atoms with van der Waals surface area (Å²) >= 11 is 6.54. The van der Waals surface area contributed by atoms with Gasteiger partial charge in [-0.1, -0.05) is 36.1 Å². The number of rotatable bonds is 8. The number of amides is 2. The van der Waals surface area contributed by atoms with Gasteiger partial charge in [0.2, 0.25) is 11.8 Å². The summed E-state index contributed by atoms with van der Waals surface area (Å²) < 4.78 is 0.623. The molecule has 2 heterocycles. The Morgan fingerprint density at radius 2 is 2.11 bits per heavy atom. The first kappa shape index (κ1) is 20.5. The predicted octanol–water partition coefficient (Wildman–Crippen LogP) is 2.30. The van der Waals surface area contributed by atoms with E-state index in [0.717, 1.165) is 6.42 Å². The summed E-state index contributed by atoms with van der Waals surface area (Å²) in [4.78, 5) is 46.9. The summed E-state index contributed by atoms with van der Waals surface area (Å²) in [5.41, 5.74) is 0.419. The van der Waals surface area contributed by atoms with E-state index >= 15 is 0 Å². The summed E-state index contributed by atoms with van der Waals surface area (Å²) in [7, 11) is 0. The Labute approximate surface area is 172 Å². The molecular formula is C19H22N4O3S2. The zero-order chi connectivity index (χ0) is 20.1. The van der Waals surface area contributed by atoms with Crippen molar-refractivity contribution in [2.75, 3.05) is 18.8 Å². The second-order valence-corrected chi connectivity index (χ2v) is 8.10. The fraction of sp³-hybridized carbons (Fsp3) is 0.421. The van der Waals surface area contributed by atoms with E-state index in [1.807, 2.05) is 13.0 Å². The normalized spacial score (nSPS) is 14.1. The highest BCUT2D eigenvalue weighted by atomic mass is 32.2. The topological polar surface area (TPSA) is 86.4 Å². The number of aromatic amines is 1. The summed E-state index contributed by atoms with van der Waals surface area (Å²) in [5.74, 6) is 0.938. The van der Waals surface area contributed by atoms with Crippen LogP contribution in [0.4, 0.5) is 0 Å². The Morgan fingerprint density at radius 1 is 1.32 bits per heavy atom. The minimum atomic E-state index is -0.201. The molecule has 1 fully saturated rings. The van der Waals surface area contributed by atoms with Crippen LogP contribution < -0.4 is 5.56 Å². The van der Waals surface area contributed by atoms with Gasteiger partial charge in [-0.3, -0.25) is 19.3 Å². The number of unbranched alkanes of at least 4 members (excludes halogenated alkanes) is 1. The van der Waals surface area contributed by atoms with E-state index in [1.54, 1.807) is 28.0 Å². The number of thioether (sulfide) groups is 1. The maximum atomic E-state index is 12.5. The van der Waals surface area contributed by atoms with Gasteiger partial charge in [0, 0.05) is 19.5 Å². The van der Waals surface area contributed by atoms with Crippen molar-refractivity contribution in [3.05, 3.63) is 40.4 Å². The predicted molar refractivity (Wildman–Crippen MR) is 114 cm³/mol. The minimum absolute atomic E-state index is 0.00278. The van der Waals surface area contributed by atoms with Gasteiger partial charge in [0.1, 0.15) is 10.1 Å². The number of carbonyl (C=O) groups is 2. The van der Waals surface area contributed by atoms with Crippen molar-refractivity contribution in [1.29, 1.82) is 0 Å². The third kappa shape index (κ3) is 4.77. The monoisotopic (exact) mass is 418 g/mol. The second kappa shape index (κ2) is 9.29. The molecule has 0 bridgehead atoms. The molecule has 0 unspecified atom stereocenters. The average molecular weight is 419 g/mol. The van der Waals surface area contributed by atoms with E-state index in [-0.39, 0.29) is 23.9 Å². The molecule has 28 heavy (non-hydrogen) atoms. The average Bonchev–Trinajstić information content (AvgIpc) is 3.01. The largest absolute Gasteiger partial charge is 0.336 e. The van der Waals surface area contributed by atoms with Crippen molar-refractivity contribution in [2.24, 2.45) is 0 Å². The molecule has 2 aromatic rings. The van der Waals surface area contributed by atoms with Crippen LogP contribution in [0.5, 0.6) is 0 Å². The molecule has 1 saturated heterocycles. The molecule has 0 aliphatic carbocycles. The van der Waals surface area contributed by atoms with Gasteiger partial charge >= 0.3 is 0 Å². The summed E-state index contributed by atoms with van der Waals surface area (Å²) in [6.07, 6.45) is 1.78. The molecule has 0 saturated carbocycles. The quantitative estimate of drug-likeness (QED) is 0.523. The lowest BCUT2D eigenvalue weighted by Gasteiger charge is -2.21. The van der Waals surface area contributed by atoms with Crippen molar-refractivity contribution in [3.63, 3.8) is 0 Å². The number of thiocarbonyl (C=S) groups is 1. The number of aromatic nitrogens is 2. The molecule has 1 aliphatic rings. The Morgan fingerprint density at radius 3 is 2.82 bits per heavy atom. The van der Waals surface area contributed by atoms with Gasteiger partial charge in [-0.15, -0.1) is 0 Å². The molecule has 3 rings (SSSR count). The first-order valence-electron chi connectivity index (χ1n) is 9.22. The van der Waals surface area contributed by atoms with E-state index in [1.165, 1.54) is 11.8 Å². The fourth-order valence-corrected chi connectivity index (χ4v) is 4.19. The van der Waals surface area contributed by atoms with Crippen LogP contribution in [0, 0.1) is 0 Å². The Balaban J connectivity index is 1.54. The van der Waals surface area contributed by atoms with E-state index in [9.17, 15) is 14.4 Å². The van der Waals surface area contributed by atoms with Crippen LogP contribution in [-0.4, -0.2) is 54.7 Å². The number of hydrogen-bond acceptors (Lipinski definition) is 6. The van der Waals surface area contributed by atoms with Gasteiger partial charge in [0.15, 0.2) is 0 Å². The molecule has 7 nitrogen and oxygen atoms in total. The van der Waals surface area contributed by atoms with E-state index in [4.69, 9.17) is 12.2 Å². The minimum Gasteiger partial charge on any atom is -0.336 e. The first-order valence-corrected chi connectivity index (χ1v) is 10.6. The standard InChI is InChI=1S/C19H22N4O3S2/c1-2-22(11-15-20-14-8-4-3-7-13(14)18(26)21-15)16(24)9-5-6-10-23-17(25)12-28-19(23)27/h3-4,7-8H,2,5-6,9-12H2,1H3,(H,20,21,26). The van der Waals surface area contributed by atoms with Crippen LogP contribution in [0.2, 0.25) is 0 Å². The van der Waals surface area contributed by atoms with E-state index in [2.05, 4.69) is 9.97 Å². The van der Waals surface area contributed by atoms with Gasteiger partial charge in [-0.25, -0.2) is 4.98 Å². The van der Waals surface area contributed by atoms with Gasteiger partial charge in [0.05, 0.1) is 23.2 Å². The molecule has 1 N–H and O–H groups in total. The first-order chi connectivity index (χ1) is 13.5. The zero-order valence-electron chi connectivity index (χ0n) is 15.6. The van der Waals surface area contributed by atoms with E-state index in [0.29, 0.717) is 52.7 Å². The highest BCUT2D eigenvalue weighted by Gasteiger charge is 2.25. The number of H-pyrrole nitrogens is 1. The zero-order valence-corrected chi connectivity index (χ0v) is 17.3. The molecule has 1 aromatic heterocycles. The number of fused-ring (bicyclic) bond motifs is 1. The number of benzene rings is 1.